The Morgan fingerprint density at radius 1 is 1.33 bits per heavy atom. The van der Waals surface area contributed by atoms with Crippen LogP contribution < -0.4 is 5.32 Å². The van der Waals surface area contributed by atoms with Crippen LogP contribution in [0.3, 0.4) is 0 Å². The number of ether oxygens (including phenoxy) is 2. The Morgan fingerprint density at radius 2 is 2.11 bits per heavy atom. The first-order chi connectivity index (χ1) is 13.1. The van der Waals surface area contributed by atoms with Crippen LogP contribution in [-0.4, -0.2) is 48.2 Å². The smallest absolute Gasteiger partial charge is 0.251 e. The Labute approximate surface area is 159 Å². The van der Waals surface area contributed by atoms with Crippen molar-refractivity contribution in [1.29, 1.82) is 0 Å². The van der Waals surface area contributed by atoms with Gasteiger partial charge in [-0.05, 0) is 44.0 Å². The van der Waals surface area contributed by atoms with E-state index < -0.39 is 0 Å². The average Bonchev–Trinajstić information content (AvgIpc) is 3.21. The minimum absolute atomic E-state index is 0.0240. The summed E-state index contributed by atoms with van der Waals surface area (Å²) < 4.78 is 13.1. The second-order valence-corrected chi connectivity index (χ2v) is 7.69. The molecule has 0 spiro atoms. The SMILES string of the molecule is COC[C@@H]1[C@H](NC(=O)c2ccc(Cn3nc(C)cc3C)cc2)[C@@H]2CCO[C@H]12. The zero-order chi connectivity index (χ0) is 19.0. The molecule has 0 radical (unpaired) electrons. The van der Waals surface area contributed by atoms with Crippen LogP contribution in [0.25, 0.3) is 0 Å². The van der Waals surface area contributed by atoms with Gasteiger partial charge >= 0.3 is 0 Å². The summed E-state index contributed by atoms with van der Waals surface area (Å²) in [5, 5.41) is 7.70. The van der Waals surface area contributed by atoms with Crippen LogP contribution >= 0.6 is 0 Å². The summed E-state index contributed by atoms with van der Waals surface area (Å²) >= 11 is 0. The lowest BCUT2D eigenvalue weighted by atomic mass is 9.67. The Morgan fingerprint density at radius 3 is 2.78 bits per heavy atom. The monoisotopic (exact) mass is 369 g/mol. The van der Waals surface area contributed by atoms with Gasteiger partial charge in [-0.2, -0.15) is 5.10 Å². The van der Waals surface area contributed by atoms with Crippen LogP contribution in [0.1, 0.15) is 33.7 Å². The number of carbonyl (C=O) groups is 1. The molecular formula is C21H27N3O3. The highest BCUT2D eigenvalue weighted by molar-refractivity contribution is 5.94. The molecule has 144 valence electrons. The van der Waals surface area contributed by atoms with E-state index in [1.54, 1.807) is 7.11 Å². The van der Waals surface area contributed by atoms with E-state index in [2.05, 4.69) is 23.4 Å². The van der Waals surface area contributed by atoms with Crippen molar-refractivity contribution >= 4 is 5.91 Å². The van der Waals surface area contributed by atoms with Crippen molar-refractivity contribution in [2.45, 2.75) is 39.0 Å². The number of hydrogen-bond donors (Lipinski definition) is 1. The first-order valence-electron chi connectivity index (χ1n) is 9.58. The molecule has 4 atom stereocenters. The molecule has 6 nitrogen and oxygen atoms in total. The molecular weight excluding hydrogens is 342 g/mol. The van der Waals surface area contributed by atoms with Gasteiger partial charge in [0.25, 0.3) is 5.91 Å². The topological polar surface area (TPSA) is 65.4 Å². The summed E-state index contributed by atoms with van der Waals surface area (Å²) in [5.41, 5.74) is 3.97. The van der Waals surface area contributed by atoms with Crippen molar-refractivity contribution in [1.82, 2.24) is 15.1 Å². The number of hydrogen-bond acceptors (Lipinski definition) is 4. The zero-order valence-electron chi connectivity index (χ0n) is 16.1. The Hall–Kier alpha value is -2.18. The predicted octanol–water partition coefficient (Wildman–Crippen LogP) is 2.33. The van der Waals surface area contributed by atoms with Crippen LogP contribution in [0.15, 0.2) is 30.3 Å². The van der Waals surface area contributed by atoms with Crippen LogP contribution in [0.4, 0.5) is 0 Å². The molecule has 0 bridgehead atoms. The van der Waals surface area contributed by atoms with Gasteiger partial charge in [0, 0.05) is 42.9 Å². The quantitative estimate of drug-likeness (QED) is 0.849. The van der Waals surface area contributed by atoms with Gasteiger partial charge in [0.2, 0.25) is 0 Å². The first-order valence-corrected chi connectivity index (χ1v) is 9.58. The second-order valence-electron chi connectivity index (χ2n) is 7.69. The van der Waals surface area contributed by atoms with E-state index in [1.807, 2.05) is 35.9 Å². The van der Waals surface area contributed by atoms with Crippen molar-refractivity contribution in [2.75, 3.05) is 20.3 Å². The summed E-state index contributed by atoms with van der Waals surface area (Å²) in [7, 11) is 1.70. The molecule has 1 aliphatic heterocycles. The largest absolute Gasteiger partial charge is 0.384 e. The number of aromatic nitrogens is 2. The van der Waals surface area contributed by atoms with E-state index in [0.29, 0.717) is 24.6 Å². The van der Waals surface area contributed by atoms with Gasteiger partial charge in [0.05, 0.1) is 24.9 Å². The lowest BCUT2D eigenvalue weighted by Gasteiger charge is -2.47. The first kappa shape index (κ1) is 18.2. The molecule has 1 aromatic carbocycles. The molecule has 0 unspecified atom stereocenters. The van der Waals surface area contributed by atoms with E-state index in [4.69, 9.17) is 9.47 Å². The summed E-state index contributed by atoms with van der Waals surface area (Å²) in [5.74, 6) is 0.639. The van der Waals surface area contributed by atoms with E-state index >= 15 is 0 Å². The standard InChI is InChI=1S/C21H27N3O3/c1-13-10-14(2)24(23-13)11-15-4-6-16(7-5-15)21(25)22-19-17-8-9-27-20(17)18(19)12-26-3/h4-7,10,17-20H,8-9,11-12H2,1-3H3,(H,22,25)/t17-,18+,19+,20-/m0/s1. The van der Waals surface area contributed by atoms with Crippen molar-refractivity contribution < 1.29 is 14.3 Å². The highest BCUT2D eigenvalue weighted by atomic mass is 16.5. The second kappa shape index (κ2) is 7.44. The molecule has 1 amide bonds. The fraction of sp³-hybridized carbons (Fsp3) is 0.524. The Bertz CT molecular complexity index is 815. The van der Waals surface area contributed by atoms with Crippen molar-refractivity contribution in [3.05, 3.63) is 52.8 Å². The van der Waals surface area contributed by atoms with E-state index in [-0.39, 0.29) is 24.0 Å². The maximum Gasteiger partial charge on any atom is 0.251 e. The summed E-state index contributed by atoms with van der Waals surface area (Å²) in [4.78, 5) is 12.7. The number of aryl methyl sites for hydroxylation is 2. The molecule has 1 saturated carbocycles. The van der Waals surface area contributed by atoms with Crippen LogP contribution in [0.5, 0.6) is 0 Å². The van der Waals surface area contributed by atoms with E-state index in [0.717, 1.165) is 30.0 Å². The molecule has 1 aromatic heterocycles. The van der Waals surface area contributed by atoms with Crippen molar-refractivity contribution in [3.8, 4) is 0 Å². The lowest BCUT2D eigenvalue weighted by Crippen LogP contribution is -2.62. The van der Waals surface area contributed by atoms with Crippen molar-refractivity contribution in [3.63, 3.8) is 0 Å². The van der Waals surface area contributed by atoms with Crippen LogP contribution in [-0.2, 0) is 16.0 Å². The Balaban J connectivity index is 1.40. The minimum atomic E-state index is -0.0240. The Kier molecular flexibility index (Phi) is 5.02. The van der Waals surface area contributed by atoms with Gasteiger partial charge in [0.15, 0.2) is 0 Å². The maximum absolute atomic E-state index is 12.7. The minimum Gasteiger partial charge on any atom is -0.384 e. The summed E-state index contributed by atoms with van der Waals surface area (Å²) in [6.07, 6.45) is 1.25. The van der Waals surface area contributed by atoms with Gasteiger partial charge in [-0.15, -0.1) is 0 Å². The highest BCUT2D eigenvalue weighted by Gasteiger charge is 2.54. The molecule has 1 aliphatic carbocycles. The third-order valence-corrected chi connectivity index (χ3v) is 5.84. The number of nitrogens with zero attached hydrogens (tertiary/aromatic N) is 2. The fourth-order valence-electron chi connectivity index (χ4n) is 4.44. The molecule has 2 aromatic rings. The summed E-state index contributed by atoms with van der Waals surface area (Å²) in [6, 6.07) is 9.99. The zero-order valence-corrected chi connectivity index (χ0v) is 16.1. The maximum atomic E-state index is 12.7. The number of methoxy groups -OCH3 is 1. The van der Waals surface area contributed by atoms with Gasteiger partial charge < -0.3 is 14.8 Å². The molecule has 2 heterocycles. The number of fused-ring (bicyclic) bond motifs is 1. The van der Waals surface area contributed by atoms with E-state index in [9.17, 15) is 4.79 Å². The van der Waals surface area contributed by atoms with Gasteiger partial charge in [-0.3, -0.25) is 9.48 Å². The molecule has 27 heavy (non-hydrogen) atoms. The normalized spacial score (nSPS) is 26.5. The highest BCUT2D eigenvalue weighted by Crippen LogP contribution is 2.43. The molecule has 2 aliphatic rings. The average molecular weight is 369 g/mol. The molecule has 6 heteroatoms. The van der Waals surface area contributed by atoms with Crippen molar-refractivity contribution in [2.24, 2.45) is 11.8 Å². The number of nitrogens with one attached hydrogen (secondary N) is 1. The predicted molar refractivity (Wildman–Crippen MR) is 102 cm³/mol. The number of carbonyl (C=O) groups excluding carboxylic acids is 1. The lowest BCUT2D eigenvalue weighted by molar-refractivity contribution is -0.0809. The van der Waals surface area contributed by atoms with Crippen LogP contribution in [0.2, 0.25) is 0 Å². The third-order valence-electron chi connectivity index (χ3n) is 5.84. The van der Waals surface area contributed by atoms with E-state index in [1.165, 1.54) is 0 Å². The molecule has 4 rings (SSSR count). The third kappa shape index (κ3) is 3.51. The van der Waals surface area contributed by atoms with Gasteiger partial charge in [-0.1, -0.05) is 12.1 Å². The molecule has 1 saturated heterocycles. The number of benzene rings is 1. The summed E-state index contributed by atoms with van der Waals surface area (Å²) in [6.45, 7) is 6.16. The van der Waals surface area contributed by atoms with Gasteiger partial charge in [-0.25, -0.2) is 0 Å². The van der Waals surface area contributed by atoms with Gasteiger partial charge in [0.1, 0.15) is 0 Å². The number of rotatable bonds is 6. The number of amides is 1. The molecule has 2 fully saturated rings. The van der Waals surface area contributed by atoms with Crippen LogP contribution in [0, 0.1) is 25.7 Å². The molecule has 1 N–H and O–H groups in total. The fourth-order valence-corrected chi connectivity index (χ4v) is 4.44.